The van der Waals surface area contributed by atoms with Crippen molar-refractivity contribution in [3.05, 3.63) is 0 Å². The maximum atomic E-state index is 5.25. The molecule has 0 amide bonds. The van der Waals surface area contributed by atoms with Gasteiger partial charge in [0.25, 0.3) is 0 Å². The highest BCUT2D eigenvalue weighted by molar-refractivity contribution is 4.84. The lowest BCUT2D eigenvalue weighted by Crippen LogP contribution is -2.45. The molecule has 1 fully saturated rings. The summed E-state index contributed by atoms with van der Waals surface area (Å²) in [7, 11) is 5.67. The van der Waals surface area contributed by atoms with Crippen LogP contribution in [0.4, 0.5) is 0 Å². The molecule has 1 aliphatic rings. The van der Waals surface area contributed by atoms with E-state index >= 15 is 0 Å². The summed E-state index contributed by atoms with van der Waals surface area (Å²) in [5.41, 5.74) is 0. The second kappa shape index (κ2) is 10.6. The van der Waals surface area contributed by atoms with Gasteiger partial charge in [-0.25, -0.2) is 0 Å². The molecule has 1 rings (SSSR count). The van der Waals surface area contributed by atoms with E-state index in [4.69, 9.17) is 9.47 Å². The van der Waals surface area contributed by atoms with Gasteiger partial charge < -0.3 is 19.7 Å². The van der Waals surface area contributed by atoms with Crippen molar-refractivity contribution in [1.29, 1.82) is 0 Å². The van der Waals surface area contributed by atoms with E-state index in [1.54, 1.807) is 14.2 Å². The first-order valence-corrected chi connectivity index (χ1v) is 8.08. The van der Waals surface area contributed by atoms with Gasteiger partial charge in [0.05, 0.1) is 6.61 Å². The Morgan fingerprint density at radius 2 is 1.85 bits per heavy atom. The Hall–Kier alpha value is -0.160. The number of methoxy groups -OCH3 is 2. The first kappa shape index (κ1) is 17.9. The Morgan fingerprint density at radius 3 is 2.50 bits per heavy atom. The van der Waals surface area contributed by atoms with Crippen molar-refractivity contribution < 1.29 is 9.47 Å². The fourth-order valence-corrected chi connectivity index (χ4v) is 3.36. The second-order valence-corrected chi connectivity index (χ2v) is 6.21. The number of nitrogens with one attached hydrogen (secondary N) is 1. The summed E-state index contributed by atoms with van der Waals surface area (Å²) >= 11 is 0. The fourth-order valence-electron chi connectivity index (χ4n) is 3.36. The monoisotopic (exact) mass is 286 g/mol. The minimum Gasteiger partial charge on any atom is -0.385 e. The maximum absolute atomic E-state index is 5.25. The van der Waals surface area contributed by atoms with Crippen LogP contribution in [0, 0.1) is 11.8 Å². The largest absolute Gasteiger partial charge is 0.385 e. The molecule has 1 saturated carbocycles. The van der Waals surface area contributed by atoms with Crippen molar-refractivity contribution >= 4 is 0 Å². The normalized spacial score (nSPS) is 27.1. The van der Waals surface area contributed by atoms with E-state index in [0.717, 1.165) is 44.6 Å². The third-order valence-corrected chi connectivity index (χ3v) is 4.54. The highest BCUT2D eigenvalue weighted by Crippen LogP contribution is 2.29. The average Bonchev–Trinajstić information content (AvgIpc) is 2.45. The van der Waals surface area contributed by atoms with Crippen LogP contribution in [0.2, 0.25) is 0 Å². The van der Waals surface area contributed by atoms with Crippen molar-refractivity contribution in [3.63, 3.8) is 0 Å². The van der Waals surface area contributed by atoms with Crippen LogP contribution in [0.5, 0.6) is 0 Å². The minimum atomic E-state index is 0.679. The molecule has 0 bridgehead atoms. The van der Waals surface area contributed by atoms with E-state index in [0.29, 0.717) is 6.04 Å². The van der Waals surface area contributed by atoms with Crippen LogP contribution in [0.1, 0.15) is 32.6 Å². The average molecular weight is 286 g/mol. The van der Waals surface area contributed by atoms with Crippen molar-refractivity contribution in [2.75, 3.05) is 54.1 Å². The van der Waals surface area contributed by atoms with Gasteiger partial charge in [0.1, 0.15) is 0 Å². The lowest BCUT2D eigenvalue weighted by molar-refractivity contribution is 0.101. The fraction of sp³-hybridized carbons (Fsp3) is 1.00. The van der Waals surface area contributed by atoms with Crippen LogP contribution in [0.25, 0.3) is 0 Å². The van der Waals surface area contributed by atoms with Gasteiger partial charge in [0.15, 0.2) is 0 Å². The van der Waals surface area contributed by atoms with Crippen LogP contribution in [0.15, 0.2) is 0 Å². The van der Waals surface area contributed by atoms with E-state index in [9.17, 15) is 0 Å². The number of nitrogens with zero attached hydrogens (tertiary/aromatic N) is 1. The van der Waals surface area contributed by atoms with Gasteiger partial charge >= 0.3 is 0 Å². The van der Waals surface area contributed by atoms with E-state index in [2.05, 4.69) is 24.2 Å². The van der Waals surface area contributed by atoms with E-state index in [1.807, 2.05) is 0 Å². The van der Waals surface area contributed by atoms with Crippen LogP contribution in [0.3, 0.4) is 0 Å². The zero-order chi connectivity index (χ0) is 14.8. The Labute approximate surface area is 125 Å². The number of rotatable bonds is 10. The molecule has 4 heteroatoms. The predicted octanol–water partition coefficient (Wildman–Crippen LogP) is 2.00. The summed E-state index contributed by atoms with van der Waals surface area (Å²) < 4.78 is 10.4. The van der Waals surface area contributed by atoms with Crippen molar-refractivity contribution in [2.24, 2.45) is 11.8 Å². The Balaban J connectivity index is 2.46. The highest BCUT2D eigenvalue weighted by Gasteiger charge is 2.28. The molecule has 1 aliphatic carbocycles. The van der Waals surface area contributed by atoms with E-state index in [-0.39, 0.29) is 0 Å². The molecule has 0 aromatic rings. The van der Waals surface area contributed by atoms with E-state index in [1.165, 1.54) is 25.8 Å². The molecule has 3 unspecified atom stereocenters. The lowest BCUT2D eigenvalue weighted by atomic mass is 9.78. The van der Waals surface area contributed by atoms with Crippen LogP contribution in [-0.4, -0.2) is 65.1 Å². The molecular weight excluding hydrogens is 252 g/mol. The van der Waals surface area contributed by atoms with Gasteiger partial charge in [-0.1, -0.05) is 6.92 Å². The topological polar surface area (TPSA) is 33.7 Å². The van der Waals surface area contributed by atoms with Crippen LogP contribution < -0.4 is 5.32 Å². The van der Waals surface area contributed by atoms with Gasteiger partial charge in [-0.05, 0) is 44.6 Å². The molecule has 3 atom stereocenters. The number of hydrogen-bond acceptors (Lipinski definition) is 4. The Morgan fingerprint density at radius 1 is 1.10 bits per heavy atom. The lowest BCUT2D eigenvalue weighted by Gasteiger charge is -2.38. The third-order valence-electron chi connectivity index (χ3n) is 4.54. The summed E-state index contributed by atoms with van der Waals surface area (Å²) in [6, 6.07) is 0.679. The molecule has 0 aromatic heterocycles. The van der Waals surface area contributed by atoms with Crippen molar-refractivity contribution in [3.8, 4) is 0 Å². The van der Waals surface area contributed by atoms with Gasteiger partial charge in [0.2, 0.25) is 0 Å². The predicted molar refractivity (Wildman–Crippen MR) is 84.2 cm³/mol. The molecule has 4 nitrogen and oxygen atoms in total. The zero-order valence-corrected chi connectivity index (χ0v) is 13.9. The van der Waals surface area contributed by atoms with Crippen molar-refractivity contribution in [2.45, 2.75) is 38.6 Å². The Kier molecular flexibility index (Phi) is 9.44. The molecule has 0 spiro atoms. The molecule has 0 radical (unpaired) electrons. The standard InChI is InChI=1S/C16H34N2O2/c1-14-6-7-16(17-2)15(12-14)13-18(9-11-20-4)8-5-10-19-3/h14-17H,5-13H2,1-4H3. The summed E-state index contributed by atoms with van der Waals surface area (Å²) in [4.78, 5) is 2.55. The second-order valence-electron chi connectivity index (χ2n) is 6.21. The molecule has 20 heavy (non-hydrogen) atoms. The number of hydrogen-bond donors (Lipinski definition) is 1. The van der Waals surface area contributed by atoms with Gasteiger partial charge in [0, 0.05) is 46.5 Å². The molecular formula is C16H34N2O2. The summed E-state index contributed by atoms with van der Waals surface area (Å²) in [5, 5.41) is 3.52. The quantitative estimate of drug-likeness (QED) is 0.623. The Bertz CT molecular complexity index is 239. The summed E-state index contributed by atoms with van der Waals surface area (Å²) in [5.74, 6) is 1.64. The highest BCUT2D eigenvalue weighted by atomic mass is 16.5. The molecule has 0 saturated heterocycles. The van der Waals surface area contributed by atoms with Crippen molar-refractivity contribution in [1.82, 2.24) is 10.2 Å². The minimum absolute atomic E-state index is 0.679. The SMILES string of the molecule is CNC1CCC(C)CC1CN(CCCOC)CCOC. The van der Waals surface area contributed by atoms with Crippen LogP contribution in [-0.2, 0) is 9.47 Å². The van der Waals surface area contributed by atoms with E-state index < -0.39 is 0 Å². The van der Waals surface area contributed by atoms with Gasteiger partial charge in [-0.15, -0.1) is 0 Å². The summed E-state index contributed by atoms with van der Waals surface area (Å²) in [6.45, 7) is 7.38. The molecule has 0 aromatic carbocycles. The van der Waals surface area contributed by atoms with Gasteiger partial charge in [-0.2, -0.15) is 0 Å². The number of ether oxygens (including phenoxy) is 2. The molecule has 0 heterocycles. The first-order valence-electron chi connectivity index (χ1n) is 8.08. The zero-order valence-electron chi connectivity index (χ0n) is 13.9. The van der Waals surface area contributed by atoms with Gasteiger partial charge in [-0.3, -0.25) is 0 Å². The molecule has 0 aliphatic heterocycles. The molecule has 1 N–H and O–H groups in total. The first-order chi connectivity index (χ1) is 9.71. The van der Waals surface area contributed by atoms with Crippen LogP contribution >= 0.6 is 0 Å². The molecule has 120 valence electrons. The maximum Gasteiger partial charge on any atom is 0.0589 e. The summed E-state index contributed by atoms with van der Waals surface area (Å²) in [6.07, 6.45) is 5.13. The smallest absolute Gasteiger partial charge is 0.0589 e. The third kappa shape index (κ3) is 6.53.